The molecule has 130 valence electrons. The number of carbonyl (C=O) groups excluding carboxylic acids is 1. The number of hydrogen-bond acceptors (Lipinski definition) is 3. The van der Waals surface area contributed by atoms with E-state index in [1.165, 1.54) is 0 Å². The van der Waals surface area contributed by atoms with Gasteiger partial charge in [-0.1, -0.05) is 42.2 Å². The summed E-state index contributed by atoms with van der Waals surface area (Å²) in [5, 5.41) is 2.70. The Morgan fingerprint density at radius 2 is 1.88 bits per heavy atom. The average molecular weight is 337 g/mol. The number of ether oxygens (including phenoxy) is 2. The van der Waals surface area contributed by atoms with E-state index in [4.69, 9.17) is 9.47 Å². The highest BCUT2D eigenvalue weighted by atomic mass is 16.5. The number of aryl methyl sites for hydroxylation is 2. The van der Waals surface area contributed by atoms with Gasteiger partial charge in [0.2, 0.25) is 0 Å². The number of methoxy groups -OCH3 is 1. The lowest BCUT2D eigenvalue weighted by atomic mass is 10.0. The SMILES string of the molecule is COc1cc(C)c(C#CCCNC(=O)OCc2ccccc2)cc1C. The number of carbonyl (C=O) groups is 1. The fourth-order valence-corrected chi connectivity index (χ4v) is 2.30. The number of nitrogens with one attached hydrogen (secondary N) is 1. The highest BCUT2D eigenvalue weighted by molar-refractivity contribution is 5.67. The zero-order valence-corrected chi connectivity index (χ0v) is 14.9. The Labute approximate surface area is 149 Å². The summed E-state index contributed by atoms with van der Waals surface area (Å²) in [4.78, 5) is 11.6. The smallest absolute Gasteiger partial charge is 0.407 e. The van der Waals surface area contributed by atoms with E-state index < -0.39 is 6.09 Å². The molecule has 25 heavy (non-hydrogen) atoms. The van der Waals surface area contributed by atoms with Crippen LogP contribution in [0.15, 0.2) is 42.5 Å². The van der Waals surface area contributed by atoms with Crippen molar-refractivity contribution in [3.05, 3.63) is 64.7 Å². The quantitative estimate of drug-likeness (QED) is 0.663. The van der Waals surface area contributed by atoms with Gasteiger partial charge < -0.3 is 14.8 Å². The molecule has 4 heteroatoms. The van der Waals surface area contributed by atoms with Crippen molar-refractivity contribution in [2.45, 2.75) is 26.9 Å². The Hall–Kier alpha value is -2.93. The molecule has 0 unspecified atom stereocenters. The zero-order valence-electron chi connectivity index (χ0n) is 14.9. The summed E-state index contributed by atoms with van der Waals surface area (Å²) in [5.74, 6) is 7.08. The Morgan fingerprint density at radius 3 is 2.60 bits per heavy atom. The summed E-state index contributed by atoms with van der Waals surface area (Å²) in [6, 6.07) is 13.6. The van der Waals surface area contributed by atoms with Crippen molar-refractivity contribution in [2.75, 3.05) is 13.7 Å². The molecule has 4 nitrogen and oxygen atoms in total. The van der Waals surface area contributed by atoms with E-state index in [2.05, 4.69) is 17.2 Å². The van der Waals surface area contributed by atoms with E-state index in [0.29, 0.717) is 13.0 Å². The van der Waals surface area contributed by atoms with Gasteiger partial charge in [-0.15, -0.1) is 0 Å². The molecule has 1 amide bonds. The number of hydrogen-bond donors (Lipinski definition) is 1. The molecule has 0 bridgehead atoms. The number of rotatable bonds is 5. The van der Waals surface area contributed by atoms with Crippen molar-refractivity contribution in [3.63, 3.8) is 0 Å². The molecule has 0 aromatic heterocycles. The van der Waals surface area contributed by atoms with E-state index in [9.17, 15) is 4.79 Å². The maximum Gasteiger partial charge on any atom is 0.407 e. The van der Waals surface area contributed by atoms with Crippen LogP contribution in [0.5, 0.6) is 5.75 Å². The Kier molecular flexibility index (Phi) is 6.91. The predicted molar refractivity (Wildman–Crippen MR) is 98.6 cm³/mol. The molecule has 1 N–H and O–H groups in total. The lowest BCUT2D eigenvalue weighted by molar-refractivity contribution is 0.140. The van der Waals surface area contributed by atoms with E-state index >= 15 is 0 Å². The molecule has 2 aromatic rings. The summed E-state index contributed by atoms with van der Waals surface area (Å²) in [6.45, 7) is 4.72. The van der Waals surface area contributed by atoms with Crippen LogP contribution in [-0.4, -0.2) is 19.7 Å². The van der Waals surface area contributed by atoms with Crippen molar-refractivity contribution in [1.29, 1.82) is 0 Å². The van der Waals surface area contributed by atoms with Crippen LogP contribution in [0.3, 0.4) is 0 Å². The fraction of sp³-hybridized carbons (Fsp3) is 0.286. The van der Waals surface area contributed by atoms with Gasteiger partial charge in [0.15, 0.2) is 0 Å². The second-order valence-corrected chi connectivity index (χ2v) is 5.68. The van der Waals surface area contributed by atoms with Gasteiger partial charge in [-0.3, -0.25) is 0 Å². The first-order chi connectivity index (χ1) is 12.1. The summed E-state index contributed by atoms with van der Waals surface area (Å²) >= 11 is 0. The molecule has 0 aliphatic carbocycles. The number of amides is 1. The first-order valence-electron chi connectivity index (χ1n) is 8.19. The third-order valence-electron chi connectivity index (χ3n) is 3.70. The van der Waals surface area contributed by atoms with Crippen molar-refractivity contribution in [2.24, 2.45) is 0 Å². The Morgan fingerprint density at radius 1 is 1.12 bits per heavy atom. The largest absolute Gasteiger partial charge is 0.496 e. The monoisotopic (exact) mass is 337 g/mol. The molecule has 0 aliphatic rings. The van der Waals surface area contributed by atoms with Crippen LogP contribution < -0.4 is 10.1 Å². The number of alkyl carbamates (subject to hydrolysis) is 1. The maximum absolute atomic E-state index is 11.6. The average Bonchev–Trinajstić information content (AvgIpc) is 2.63. The normalized spacial score (nSPS) is 9.72. The van der Waals surface area contributed by atoms with Crippen LogP contribution >= 0.6 is 0 Å². The first-order valence-corrected chi connectivity index (χ1v) is 8.19. The summed E-state index contributed by atoms with van der Waals surface area (Å²) < 4.78 is 10.4. The van der Waals surface area contributed by atoms with Crippen LogP contribution in [0, 0.1) is 25.7 Å². The first kappa shape index (κ1) is 18.4. The van der Waals surface area contributed by atoms with E-state index in [0.717, 1.165) is 28.0 Å². The molecule has 0 saturated heterocycles. The van der Waals surface area contributed by atoms with Crippen molar-refractivity contribution in [1.82, 2.24) is 5.32 Å². The molecule has 2 aromatic carbocycles. The Balaban J connectivity index is 1.75. The van der Waals surface area contributed by atoms with Crippen LogP contribution in [0.1, 0.15) is 28.7 Å². The van der Waals surface area contributed by atoms with Crippen LogP contribution in [-0.2, 0) is 11.3 Å². The third-order valence-corrected chi connectivity index (χ3v) is 3.70. The summed E-state index contributed by atoms with van der Waals surface area (Å²) in [5.41, 5.74) is 4.07. The van der Waals surface area contributed by atoms with Gasteiger partial charge >= 0.3 is 6.09 Å². The Bertz CT molecular complexity index is 773. The minimum Gasteiger partial charge on any atom is -0.496 e. The van der Waals surface area contributed by atoms with E-state index in [1.807, 2.05) is 56.3 Å². The van der Waals surface area contributed by atoms with E-state index in [-0.39, 0.29) is 6.61 Å². The lowest BCUT2D eigenvalue weighted by Crippen LogP contribution is -2.24. The minimum atomic E-state index is -0.429. The van der Waals surface area contributed by atoms with Gasteiger partial charge in [-0.05, 0) is 42.7 Å². The van der Waals surface area contributed by atoms with Crippen LogP contribution in [0.2, 0.25) is 0 Å². The molecule has 2 rings (SSSR count). The van der Waals surface area contributed by atoms with Gasteiger partial charge in [0, 0.05) is 18.5 Å². The number of benzene rings is 2. The van der Waals surface area contributed by atoms with Gasteiger partial charge in [-0.2, -0.15) is 0 Å². The van der Waals surface area contributed by atoms with Gasteiger partial charge in [-0.25, -0.2) is 4.79 Å². The topological polar surface area (TPSA) is 47.6 Å². The summed E-state index contributed by atoms with van der Waals surface area (Å²) in [7, 11) is 1.66. The van der Waals surface area contributed by atoms with Crippen LogP contribution in [0.25, 0.3) is 0 Å². The fourth-order valence-electron chi connectivity index (χ4n) is 2.30. The lowest BCUT2D eigenvalue weighted by Gasteiger charge is -2.07. The molecule has 0 heterocycles. The third kappa shape index (κ3) is 5.89. The summed E-state index contributed by atoms with van der Waals surface area (Å²) in [6.07, 6.45) is 0.132. The molecular formula is C21H23NO3. The zero-order chi connectivity index (χ0) is 18.1. The van der Waals surface area contributed by atoms with Gasteiger partial charge in [0.25, 0.3) is 0 Å². The molecule has 0 spiro atoms. The van der Waals surface area contributed by atoms with Crippen molar-refractivity contribution < 1.29 is 14.3 Å². The van der Waals surface area contributed by atoms with Gasteiger partial charge in [0.1, 0.15) is 12.4 Å². The molecular weight excluding hydrogens is 314 g/mol. The highest BCUT2D eigenvalue weighted by Crippen LogP contribution is 2.21. The molecule has 0 atom stereocenters. The van der Waals surface area contributed by atoms with Gasteiger partial charge in [0.05, 0.1) is 7.11 Å². The maximum atomic E-state index is 11.6. The minimum absolute atomic E-state index is 0.267. The molecule has 0 saturated carbocycles. The molecule has 0 radical (unpaired) electrons. The molecule has 0 aliphatic heterocycles. The highest BCUT2D eigenvalue weighted by Gasteiger charge is 2.03. The predicted octanol–water partition coefficient (Wildman–Crippen LogP) is 3.98. The standard InChI is InChI=1S/C21H23NO3/c1-16-14-20(24-3)17(2)13-19(16)11-7-8-12-22-21(23)25-15-18-9-5-4-6-10-18/h4-6,9-10,13-14H,8,12,15H2,1-3H3,(H,22,23). The van der Waals surface area contributed by atoms with E-state index in [1.54, 1.807) is 7.11 Å². The van der Waals surface area contributed by atoms with Crippen molar-refractivity contribution in [3.8, 4) is 17.6 Å². The molecule has 0 fully saturated rings. The second kappa shape index (κ2) is 9.39. The van der Waals surface area contributed by atoms with Crippen molar-refractivity contribution >= 4 is 6.09 Å². The van der Waals surface area contributed by atoms with Crippen LogP contribution in [0.4, 0.5) is 4.79 Å². The second-order valence-electron chi connectivity index (χ2n) is 5.68.